The van der Waals surface area contributed by atoms with Crippen LogP contribution in [0.1, 0.15) is 12.5 Å². The second kappa shape index (κ2) is 8.56. The van der Waals surface area contributed by atoms with Gasteiger partial charge in [-0.05, 0) is 12.5 Å². The molecule has 0 heterocycles. The molecule has 0 radical (unpaired) electrons. The maximum Gasteiger partial charge on any atom is 0.513 e. The molecule has 0 aromatic heterocycles. The number of likely N-dealkylation sites (N-methyl/N-ethyl adjacent to an activating group) is 1. The minimum Gasteiger partial charge on any atom is -1.00 e. The van der Waals surface area contributed by atoms with Gasteiger partial charge in [-0.25, -0.2) is 9.28 Å². The van der Waals surface area contributed by atoms with E-state index in [0.717, 1.165) is 5.56 Å². The highest BCUT2D eigenvalue weighted by molar-refractivity contribution is 5.87. The minimum atomic E-state index is -0.973. The van der Waals surface area contributed by atoms with Crippen LogP contribution in [0.3, 0.4) is 0 Å². The third kappa shape index (κ3) is 6.28. The number of carbonyl (C=O) groups excluding carboxylic acids is 1. The monoisotopic (exact) mass is 327 g/mol. The zero-order chi connectivity index (χ0) is 16.0. The predicted molar refractivity (Wildman–Crippen MR) is 79.8 cm³/mol. The van der Waals surface area contributed by atoms with Crippen molar-refractivity contribution in [2.75, 3.05) is 20.6 Å². The molecule has 1 unspecified atom stereocenters. The third-order valence-electron chi connectivity index (χ3n) is 3.11. The standard InChI is InChI=1S/C16H21NO4.ClH/c1-12(2)15(18)21-14(11-17(3,4)16(19)20)10-13-8-6-5-7-9-13;/h5-9,14H,1,10-11H2,2-4H3;1H. The summed E-state index contributed by atoms with van der Waals surface area (Å²) in [6, 6.07) is 9.52. The first-order valence-corrected chi connectivity index (χ1v) is 6.69. The van der Waals surface area contributed by atoms with E-state index < -0.39 is 18.2 Å². The van der Waals surface area contributed by atoms with Crippen molar-refractivity contribution in [3.05, 3.63) is 48.0 Å². The molecule has 5 nitrogen and oxygen atoms in total. The van der Waals surface area contributed by atoms with Crippen molar-refractivity contribution in [2.45, 2.75) is 19.4 Å². The lowest BCUT2D eigenvalue weighted by Crippen LogP contribution is -3.00. The Morgan fingerprint density at radius 2 is 1.82 bits per heavy atom. The number of nitrogens with zero attached hydrogens (tertiary/aromatic N) is 1. The number of ether oxygens (including phenoxy) is 1. The molecule has 0 bridgehead atoms. The molecule has 1 aromatic carbocycles. The van der Waals surface area contributed by atoms with E-state index in [9.17, 15) is 14.7 Å². The van der Waals surface area contributed by atoms with Crippen LogP contribution in [-0.4, -0.2) is 48.4 Å². The zero-order valence-electron chi connectivity index (χ0n) is 13.1. The van der Waals surface area contributed by atoms with E-state index in [1.165, 1.54) is 0 Å². The lowest BCUT2D eigenvalue weighted by atomic mass is 10.1. The smallest absolute Gasteiger partial charge is 0.513 e. The molecular formula is C16H22ClNO4. The van der Waals surface area contributed by atoms with Crippen LogP contribution in [0.4, 0.5) is 4.79 Å². The molecule has 1 rings (SSSR count). The van der Waals surface area contributed by atoms with Gasteiger partial charge < -0.3 is 22.3 Å². The summed E-state index contributed by atoms with van der Waals surface area (Å²) in [5.41, 5.74) is 1.29. The van der Waals surface area contributed by atoms with Gasteiger partial charge in [0, 0.05) is 12.0 Å². The van der Waals surface area contributed by atoms with Gasteiger partial charge >= 0.3 is 12.1 Å². The first-order chi connectivity index (χ1) is 9.72. The summed E-state index contributed by atoms with van der Waals surface area (Å²) >= 11 is 0. The van der Waals surface area contributed by atoms with E-state index in [0.29, 0.717) is 12.0 Å². The van der Waals surface area contributed by atoms with Gasteiger partial charge in [-0.3, -0.25) is 0 Å². The molecule has 22 heavy (non-hydrogen) atoms. The molecular weight excluding hydrogens is 306 g/mol. The summed E-state index contributed by atoms with van der Waals surface area (Å²) in [7, 11) is 3.13. The van der Waals surface area contributed by atoms with E-state index in [4.69, 9.17) is 4.74 Å². The van der Waals surface area contributed by atoms with Crippen LogP contribution in [-0.2, 0) is 16.0 Å². The third-order valence-corrected chi connectivity index (χ3v) is 3.11. The highest BCUT2D eigenvalue weighted by Crippen LogP contribution is 2.12. The van der Waals surface area contributed by atoms with Crippen LogP contribution in [0.25, 0.3) is 0 Å². The predicted octanol–water partition coefficient (Wildman–Crippen LogP) is -0.525. The van der Waals surface area contributed by atoms with Crippen molar-refractivity contribution in [3.63, 3.8) is 0 Å². The Morgan fingerprint density at radius 1 is 1.27 bits per heavy atom. The normalized spacial score (nSPS) is 12.0. The molecule has 1 aromatic rings. The molecule has 0 fully saturated rings. The molecule has 0 aliphatic rings. The number of benzene rings is 1. The number of carboxylic acid groups (broad SMARTS) is 1. The van der Waals surface area contributed by atoms with Gasteiger partial charge in [0.1, 0.15) is 6.54 Å². The SMILES string of the molecule is C=C(C)C(=O)OC(Cc1ccccc1)C[N+](C)(C)C(=O)O.[Cl-]. The van der Waals surface area contributed by atoms with Crippen LogP contribution >= 0.6 is 0 Å². The Bertz CT molecular complexity index is 528. The van der Waals surface area contributed by atoms with Gasteiger partial charge in [0.25, 0.3) is 0 Å². The summed E-state index contributed by atoms with van der Waals surface area (Å²) in [6.45, 7) is 5.30. The fraction of sp³-hybridized carbons (Fsp3) is 0.375. The summed E-state index contributed by atoms with van der Waals surface area (Å²) in [5, 5.41) is 9.21. The summed E-state index contributed by atoms with van der Waals surface area (Å²) in [4.78, 5) is 23.0. The van der Waals surface area contributed by atoms with Crippen molar-refractivity contribution in [1.29, 1.82) is 0 Å². The number of halogens is 1. The van der Waals surface area contributed by atoms with E-state index >= 15 is 0 Å². The maximum absolute atomic E-state index is 11.7. The number of amides is 1. The average molecular weight is 328 g/mol. The summed E-state index contributed by atoms with van der Waals surface area (Å²) in [6.07, 6.45) is -1.03. The molecule has 0 aliphatic heterocycles. The van der Waals surface area contributed by atoms with Crippen molar-refractivity contribution in [2.24, 2.45) is 0 Å². The molecule has 1 atom stereocenters. The molecule has 0 aliphatic carbocycles. The van der Waals surface area contributed by atoms with E-state index in [1.54, 1.807) is 21.0 Å². The topological polar surface area (TPSA) is 63.6 Å². The molecule has 122 valence electrons. The second-order valence-electron chi connectivity index (χ2n) is 5.65. The lowest BCUT2D eigenvalue weighted by molar-refractivity contribution is -0.820. The second-order valence-corrected chi connectivity index (χ2v) is 5.65. The first kappa shape index (κ1) is 20.1. The quantitative estimate of drug-likeness (QED) is 0.434. The van der Waals surface area contributed by atoms with Gasteiger partial charge in [0.2, 0.25) is 0 Å². The molecule has 6 heteroatoms. The Morgan fingerprint density at radius 3 is 2.27 bits per heavy atom. The average Bonchev–Trinajstić information content (AvgIpc) is 2.38. The summed E-state index contributed by atoms with van der Waals surface area (Å²) < 4.78 is 5.11. The number of rotatable bonds is 6. The Hall–Kier alpha value is -1.85. The van der Waals surface area contributed by atoms with Gasteiger partial charge in [-0.15, -0.1) is 0 Å². The fourth-order valence-corrected chi connectivity index (χ4v) is 1.86. The highest BCUT2D eigenvalue weighted by Gasteiger charge is 2.32. The maximum atomic E-state index is 11.7. The molecule has 0 saturated carbocycles. The van der Waals surface area contributed by atoms with E-state index in [1.807, 2.05) is 30.3 Å². The van der Waals surface area contributed by atoms with Crippen LogP contribution < -0.4 is 12.4 Å². The minimum absolute atomic E-state index is 0. The molecule has 1 N–H and O–H groups in total. The van der Waals surface area contributed by atoms with Crippen molar-refractivity contribution >= 4 is 12.1 Å². The number of carbonyl (C=O) groups is 2. The Balaban J connectivity index is 0.00000441. The molecule has 0 spiro atoms. The highest BCUT2D eigenvalue weighted by atomic mass is 35.5. The van der Waals surface area contributed by atoms with Gasteiger partial charge in [-0.2, -0.15) is 4.79 Å². The lowest BCUT2D eigenvalue weighted by Gasteiger charge is -2.28. The molecule has 1 amide bonds. The zero-order valence-corrected chi connectivity index (χ0v) is 13.8. The van der Waals surface area contributed by atoms with Crippen LogP contribution in [0.5, 0.6) is 0 Å². The van der Waals surface area contributed by atoms with Crippen molar-refractivity contribution < 1.29 is 36.3 Å². The van der Waals surface area contributed by atoms with Gasteiger partial charge in [0.15, 0.2) is 6.10 Å². The Kier molecular flexibility index (Phi) is 7.84. The van der Waals surface area contributed by atoms with Crippen molar-refractivity contribution in [3.8, 4) is 0 Å². The Labute approximate surface area is 137 Å². The number of quaternary nitrogens is 1. The summed E-state index contributed by atoms with van der Waals surface area (Å²) in [5.74, 6) is -0.499. The number of hydrogen-bond donors (Lipinski definition) is 1. The number of esters is 1. The van der Waals surface area contributed by atoms with E-state index in [-0.39, 0.29) is 23.4 Å². The van der Waals surface area contributed by atoms with Crippen molar-refractivity contribution in [1.82, 2.24) is 0 Å². The largest absolute Gasteiger partial charge is 1.00 e. The fourth-order valence-electron chi connectivity index (χ4n) is 1.86. The van der Waals surface area contributed by atoms with E-state index in [2.05, 4.69) is 6.58 Å². The van der Waals surface area contributed by atoms with Gasteiger partial charge in [0.05, 0.1) is 14.1 Å². The molecule has 0 saturated heterocycles. The van der Waals surface area contributed by atoms with Crippen LogP contribution in [0.2, 0.25) is 0 Å². The van der Waals surface area contributed by atoms with Gasteiger partial charge in [-0.1, -0.05) is 36.9 Å². The van der Waals surface area contributed by atoms with Crippen LogP contribution in [0.15, 0.2) is 42.5 Å². The first-order valence-electron chi connectivity index (χ1n) is 6.69. The van der Waals surface area contributed by atoms with Crippen LogP contribution in [0, 0.1) is 0 Å². The number of hydrogen-bond acceptors (Lipinski definition) is 3.